The standard InChI is InChI=1S/C19H20N4O3S/c1-22-9-11-23(12-10-22)27(25,26)16-6-4-5-15(13-16)19(24)17(14-20)18-7-2-3-8-21-18/h2-8,13,17H,9-12H2,1H3/t17-/m0/s1. The summed E-state index contributed by atoms with van der Waals surface area (Å²) in [6.07, 6.45) is 1.52. The van der Waals surface area contributed by atoms with Crippen LogP contribution in [0.3, 0.4) is 0 Å². The predicted octanol–water partition coefficient (Wildman–Crippen LogP) is 1.51. The van der Waals surface area contributed by atoms with Gasteiger partial charge in [-0.2, -0.15) is 9.57 Å². The average Bonchev–Trinajstić information content (AvgIpc) is 2.70. The Balaban J connectivity index is 1.89. The zero-order valence-corrected chi connectivity index (χ0v) is 15.8. The maximum atomic E-state index is 12.9. The first-order valence-corrected chi connectivity index (χ1v) is 10.0. The molecule has 27 heavy (non-hydrogen) atoms. The van der Waals surface area contributed by atoms with Crippen molar-refractivity contribution in [3.63, 3.8) is 0 Å². The highest BCUT2D eigenvalue weighted by Crippen LogP contribution is 2.23. The quantitative estimate of drug-likeness (QED) is 0.725. The van der Waals surface area contributed by atoms with Crippen LogP contribution in [-0.4, -0.2) is 61.6 Å². The van der Waals surface area contributed by atoms with Crippen LogP contribution < -0.4 is 0 Å². The number of Topliss-reactive ketones (excluding diaryl/α,β-unsaturated/α-hetero) is 1. The Hall–Kier alpha value is -2.60. The molecule has 7 nitrogen and oxygen atoms in total. The monoisotopic (exact) mass is 384 g/mol. The smallest absolute Gasteiger partial charge is 0.243 e. The van der Waals surface area contributed by atoms with Gasteiger partial charge in [0.05, 0.1) is 16.7 Å². The molecule has 1 saturated heterocycles. The Morgan fingerprint density at radius 1 is 1.15 bits per heavy atom. The lowest BCUT2D eigenvalue weighted by Gasteiger charge is -2.31. The average molecular weight is 384 g/mol. The molecule has 2 heterocycles. The molecule has 0 N–H and O–H groups in total. The predicted molar refractivity (Wildman–Crippen MR) is 99.6 cm³/mol. The summed E-state index contributed by atoms with van der Waals surface area (Å²) in [4.78, 5) is 19.0. The Bertz CT molecular complexity index is 962. The number of hydrogen-bond donors (Lipinski definition) is 0. The van der Waals surface area contributed by atoms with E-state index in [0.717, 1.165) is 0 Å². The zero-order valence-electron chi connectivity index (χ0n) is 14.9. The molecule has 1 aromatic carbocycles. The highest BCUT2D eigenvalue weighted by molar-refractivity contribution is 7.89. The van der Waals surface area contributed by atoms with Gasteiger partial charge in [-0.25, -0.2) is 8.42 Å². The van der Waals surface area contributed by atoms with Gasteiger partial charge < -0.3 is 4.90 Å². The molecule has 0 spiro atoms. The Morgan fingerprint density at radius 3 is 2.52 bits per heavy atom. The summed E-state index contributed by atoms with van der Waals surface area (Å²) in [6, 6.07) is 12.9. The van der Waals surface area contributed by atoms with Crippen molar-refractivity contribution in [1.29, 1.82) is 5.26 Å². The van der Waals surface area contributed by atoms with Gasteiger partial charge in [-0.15, -0.1) is 0 Å². The van der Waals surface area contributed by atoms with Gasteiger partial charge in [0.15, 0.2) is 11.7 Å². The summed E-state index contributed by atoms with van der Waals surface area (Å²) >= 11 is 0. The summed E-state index contributed by atoms with van der Waals surface area (Å²) in [6.45, 7) is 2.14. The van der Waals surface area contributed by atoms with E-state index in [-0.39, 0.29) is 10.5 Å². The van der Waals surface area contributed by atoms with Crippen molar-refractivity contribution in [3.8, 4) is 6.07 Å². The first kappa shape index (κ1) is 19.2. The van der Waals surface area contributed by atoms with Crippen molar-refractivity contribution in [2.45, 2.75) is 10.8 Å². The van der Waals surface area contributed by atoms with E-state index in [0.29, 0.717) is 31.9 Å². The number of nitrogens with zero attached hydrogens (tertiary/aromatic N) is 4. The van der Waals surface area contributed by atoms with Crippen molar-refractivity contribution in [1.82, 2.24) is 14.2 Å². The Labute approximate surface area is 158 Å². The molecule has 1 atom stereocenters. The Morgan fingerprint density at radius 2 is 1.89 bits per heavy atom. The van der Waals surface area contributed by atoms with Crippen LogP contribution >= 0.6 is 0 Å². The minimum absolute atomic E-state index is 0.0654. The van der Waals surface area contributed by atoms with Crippen molar-refractivity contribution in [2.75, 3.05) is 33.2 Å². The second-order valence-corrected chi connectivity index (χ2v) is 8.35. The minimum Gasteiger partial charge on any atom is -0.304 e. The van der Waals surface area contributed by atoms with Crippen molar-refractivity contribution < 1.29 is 13.2 Å². The normalized spacial score (nSPS) is 17.2. The van der Waals surface area contributed by atoms with Gasteiger partial charge in [-0.05, 0) is 31.3 Å². The first-order chi connectivity index (χ1) is 12.9. The molecule has 0 radical (unpaired) electrons. The largest absolute Gasteiger partial charge is 0.304 e. The number of carbonyl (C=O) groups excluding carboxylic acids is 1. The summed E-state index contributed by atoms with van der Waals surface area (Å²) in [5.74, 6) is -1.54. The van der Waals surface area contributed by atoms with Crippen molar-refractivity contribution >= 4 is 15.8 Å². The highest BCUT2D eigenvalue weighted by atomic mass is 32.2. The third-order valence-corrected chi connectivity index (χ3v) is 6.49. The van der Waals surface area contributed by atoms with Crippen LogP contribution in [-0.2, 0) is 10.0 Å². The number of sulfonamides is 1. The molecule has 8 heteroatoms. The molecular formula is C19H20N4O3S. The van der Waals surface area contributed by atoms with Gasteiger partial charge in [-0.3, -0.25) is 9.78 Å². The van der Waals surface area contributed by atoms with Crippen LogP contribution in [0, 0.1) is 11.3 Å². The van der Waals surface area contributed by atoms with Crippen LogP contribution in [0.5, 0.6) is 0 Å². The van der Waals surface area contributed by atoms with Crippen LogP contribution in [0.4, 0.5) is 0 Å². The lowest BCUT2D eigenvalue weighted by Crippen LogP contribution is -2.47. The fraction of sp³-hybridized carbons (Fsp3) is 0.316. The van der Waals surface area contributed by atoms with Crippen LogP contribution in [0.15, 0.2) is 53.6 Å². The third kappa shape index (κ3) is 4.06. The lowest BCUT2D eigenvalue weighted by atomic mass is 9.95. The number of carbonyl (C=O) groups is 1. The number of benzene rings is 1. The maximum Gasteiger partial charge on any atom is 0.243 e. The Kier molecular flexibility index (Phi) is 5.65. The van der Waals surface area contributed by atoms with Crippen molar-refractivity contribution in [3.05, 3.63) is 59.9 Å². The topological polar surface area (TPSA) is 94.4 Å². The highest BCUT2D eigenvalue weighted by Gasteiger charge is 2.29. The zero-order chi connectivity index (χ0) is 19.4. The summed E-state index contributed by atoms with van der Waals surface area (Å²) in [5.41, 5.74) is 0.528. The molecule has 1 aliphatic heterocycles. The molecule has 140 valence electrons. The van der Waals surface area contributed by atoms with Gasteiger partial charge in [0.2, 0.25) is 10.0 Å². The number of rotatable bonds is 5. The molecule has 3 rings (SSSR count). The van der Waals surface area contributed by atoms with E-state index in [4.69, 9.17) is 0 Å². The van der Waals surface area contributed by atoms with Crippen LogP contribution in [0.2, 0.25) is 0 Å². The molecule has 1 fully saturated rings. The first-order valence-electron chi connectivity index (χ1n) is 8.57. The number of piperazine rings is 1. The van der Waals surface area contributed by atoms with Gasteiger partial charge >= 0.3 is 0 Å². The number of pyridine rings is 1. The number of likely N-dealkylation sites (N-methyl/N-ethyl adjacent to an activating group) is 1. The van der Waals surface area contributed by atoms with E-state index in [9.17, 15) is 18.5 Å². The molecule has 0 aliphatic carbocycles. The van der Waals surface area contributed by atoms with E-state index >= 15 is 0 Å². The summed E-state index contributed by atoms with van der Waals surface area (Å²) < 4.78 is 27.2. The molecule has 1 aliphatic rings. The van der Waals surface area contributed by atoms with Crippen LogP contribution in [0.1, 0.15) is 22.0 Å². The number of aromatic nitrogens is 1. The van der Waals surface area contributed by atoms with Gasteiger partial charge in [-0.1, -0.05) is 18.2 Å². The molecule has 0 amide bonds. The number of ketones is 1. The minimum atomic E-state index is -3.68. The van der Waals surface area contributed by atoms with Crippen LogP contribution in [0.25, 0.3) is 0 Å². The van der Waals surface area contributed by atoms with E-state index in [1.165, 1.54) is 34.8 Å². The lowest BCUT2D eigenvalue weighted by molar-refractivity contribution is 0.0977. The SMILES string of the molecule is CN1CCN(S(=O)(=O)c2cccc(C(=O)[C@@H](C#N)c3ccccn3)c2)CC1. The van der Waals surface area contributed by atoms with Crippen molar-refractivity contribution in [2.24, 2.45) is 0 Å². The van der Waals surface area contributed by atoms with Gasteiger partial charge in [0.1, 0.15) is 0 Å². The fourth-order valence-corrected chi connectivity index (χ4v) is 4.43. The van der Waals surface area contributed by atoms with Gasteiger partial charge in [0.25, 0.3) is 0 Å². The molecule has 1 aromatic heterocycles. The number of nitriles is 1. The van der Waals surface area contributed by atoms with E-state index < -0.39 is 21.7 Å². The maximum absolute atomic E-state index is 12.9. The molecule has 0 saturated carbocycles. The van der Waals surface area contributed by atoms with E-state index in [1.54, 1.807) is 18.2 Å². The summed E-state index contributed by atoms with van der Waals surface area (Å²) in [5, 5.41) is 9.43. The number of hydrogen-bond acceptors (Lipinski definition) is 6. The second-order valence-electron chi connectivity index (χ2n) is 6.42. The van der Waals surface area contributed by atoms with E-state index in [1.807, 2.05) is 13.1 Å². The molecule has 2 aromatic rings. The van der Waals surface area contributed by atoms with E-state index in [2.05, 4.69) is 9.88 Å². The third-order valence-electron chi connectivity index (χ3n) is 4.59. The molecule has 0 bridgehead atoms. The van der Waals surface area contributed by atoms with Gasteiger partial charge in [0, 0.05) is 37.9 Å². The summed E-state index contributed by atoms with van der Waals surface area (Å²) in [7, 11) is -1.74. The molecular weight excluding hydrogens is 364 g/mol. The second kappa shape index (κ2) is 7.96. The molecule has 0 unspecified atom stereocenters. The fourth-order valence-electron chi connectivity index (χ4n) is 2.96.